The first kappa shape index (κ1) is 12.1. The molecule has 0 atom stereocenters. The van der Waals surface area contributed by atoms with Crippen molar-refractivity contribution in [3.05, 3.63) is 11.7 Å². The SMILES string of the molecule is CCCOCc1noc(CC(C)(C)N)n1. The Balaban J connectivity index is 2.42. The average molecular weight is 213 g/mol. The summed E-state index contributed by atoms with van der Waals surface area (Å²) in [4.78, 5) is 4.18. The van der Waals surface area contributed by atoms with E-state index in [-0.39, 0.29) is 5.54 Å². The Bertz CT molecular complexity index is 291. The monoisotopic (exact) mass is 213 g/mol. The number of hydrogen-bond donors (Lipinski definition) is 1. The molecule has 0 spiro atoms. The van der Waals surface area contributed by atoms with Crippen molar-refractivity contribution in [2.75, 3.05) is 6.61 Å². The summed E-state index contributed by atoms with van der Waals surface area (Å²) in [6.07, 6.45) is 1.56. The Labute approximate surface area is 90.0 Å². The van der Waals surface area contributed by atoms with Gasteiger partial charge in [-0.1, -0.05) is 12.1 Å². The molecule has 1 rings (SSSR count). The molecule has 0 radical (unpaired) electrons. The van der Waals surface area contributed by atoms with Crippen molar-refractivity contribution >= 4 is 0 Å². The lowest BCUT2D eigenvalue weighted by atomic mass is 10.0. The highest BCUT2D eigenvalue weighted by Gasteiger charge is 2.16. The fourth-order valence-electron chi connectivity index (χ4n) is 1.12. The third kappa shape index (κ3) is 4.90. The molecule has 0 bridgehead atoms. The van der Waals surface area contributed by atoms with Crippen LogP contribution in [-0.2, 0) is 17.8 Å². The van der Waals surface area contributed by atoms with E-state index in [1.54, 1.807) is 0 Å². The number of ether oxygens (including phenoxy) is 1. The van der Waals surface area contributed by atoms with Gasteiger partial charge in [-0.25, -0.2) is 0 Å². The Kier molecular flexibility index (Phi) is 4.23. The molecule has 0 amide bonds. The third-order valence-corrected chi connectivity index (χ3v) is 1.70. The lowest BCUT2D eigenvalue weighted by Crippen LogP contribution is -2.34. The first-order valence-corrected chi connectivity index (χ1v) is 5.19. The van der Waals surface area contributed by atoms with Crippen LogP contribution in [0.15, 0.2) is 4.52 Å². The van der Waals surface area contributed by atoms with Crippen molar-refractivity contribution in [2.45, 2.75) is 45.8 Å². The maximum atomic E-state index is 5.84. The Morgan fingerprint density at radius 2 is 2.20 bits per heavy atom. The molecule has 0 fully saturated rings. The second-order valence-electron chi connectivity index (χ2n) is 4.32. The summed E-state index contributed by atoms with van der Waals surface area (Å²) in [6, 6.07) is 0. The number of nitrogens with two attached hydrogens (primary N) is 1. The van der Waals surface area contributed by atoms with Crippen LogP contribution < -0.4 is 5.73 Å². The van der Waals surface area contributed by atoms with Crippen molar-refractivity contribution in [3.8, 4) is 0 Å². The summed E-state index contributed by atoms with van der Waals surface area (Å²) in [5.41, 5.74) is 5.51. The van der Waals surface area contributed by atoms with Gasteiger partial charge < -0.3 is 15.0 Å². The average Bonchev–Trinajstić information content (AvgIpc) is 2.50. The second kappa shape index (κ2) is 5.23. The number of rotatable bonds is 6. The van der Waals surface area contributed by atoms with E-state index in [0.29, 0.717) is 31.3 Å². The van der Waals surface area contributed by atoms with Gasteiger partial charge in [0, 0.05) is 18.6 Å². The summed E-state index contributed by atoms with van der Waals surface area (Å²) in [7, 11) is 0. The molecule has 0 aliphatic rings. The standard InChI is InChI=1S/C10H19N3O2/c1-4-5-14-7-8-12-9(15-13-8)6-10(2,3)11/h4-7,11H2,1-3H3. The molecule has 5 heteroatoms. The van der Waals surface area contributed by atoms with Crippen LogP contribution in [0, 0.1) is 0 Å². The smallest absolute Gasteiger partial charge is 0.228 e. The number of nitrogens with zero attached hydrogens (tertiary/aromatic N) is 2. The lowest BCUT2D eigenvalue weighted by molar-refractivity contribution is 0.114. The van der Waals surface area contributed by atoms with Gasteiger partial charge >= 0.3 is 0 Å². The molecule has 1 aromatic heterocycles. The van der Waals surface area contributed by atoms with E-state index in [1.807, 2.05) is 13.8 Å². The lowest BCUT2D eigenvalue weighted by Gasteiger charge is -2.14. The minimum absolute atomic E-state index is 0.325. The predicted molar refractivity (Wildman–Crippen MR) is 56.2 cm³/mol. The van der Waals surface area contributed by atoms with Crippen LogP contribution in [0.5, 0.6) is 0 Å². The van der Waals surface area contributed by atoms with Gasteiger partial charge in [-0.05, 0) is 20.3 Å². The highest BCUT2D eigenvalue weighted by atomic mass is 16.5. The molecule has 0 aromatic carbocycles. The molecule has 0 aliphatic heterocycles. The predicted octanol–water partition coefficient (Wildman–Crippen LogP) is 1.28. The molecule has 2 N–H and O–H groups in total. The maximum Gasteiger partial charge on any atom is 0.228 e. The van der Waals surface area contributed by atoms with Crippen LogP contribution in [0.1, 0.15) is 38.9 Å². The second-order valence-corrected chi connectivity index (χ2v) is 4.32. The quantitative estimate of drug-likeness (QED) is 0.720. The summed E-state index contributed by atoms with van der Waals surface area (Å²) >= 11 is 0. The van der Waals surface area contributed by atoms with Gasteiger partial charge in [0.2, 0.25) is 5.89 Å². The number of hydrogen-bond acceptors (Lipinski definition) is 5. The molecule has 1 heterocycles. The minimum atomic E-state index is -0.325. The van der Waals surface area contributed by atoms with E-state index in [1.165, 1.54) is 0 Å². The van der Waals surface area contributed by atoms with Crippen LogP contribution >= 0.6 is 0 Å². The Morgan fingerprint density at radius 1 is 1.47 bits per heavy atom. The largest absolute Gasteiger partial charge is 0.373 e. The molecule has 86 valence electrons. The van der Waals surface area contributed by atoms with Crippen molar-refractivity contribution in [1.29, 1.82) is 0 Å². The van der Waals surface area contributed by atoms with Gasteiger partial charge in [0.1, 0.15) is 6.61 Å². The molecular weight excluding hydrogens is 194 g/mol. The molecule has 1 aromatic rings. The normalized spacial score (nSPS) is 12.0. The van der Waals surface area contributed by atoms with Gasteiger partial charge in [-0.15, -0.1) is 0 Å². The highest BCUT2D eigenvalue weighted by Crippen LogP contribution is 2.08. The van der Waals surface area contributed by atoms with Gasteiger partial charge in [0.05, 0.1) is 0 Å². The van der Waals surface area contributed by atoms with Crippen LogP contribution in [0.3, 0.4) is 0 Å². The molecule has 0 saturated heterocycles. The van der Waals surface area contributed by atoms with E-state index in [0.717, 1.165) is 6.42 Å². The molecule has 0 aliphatic carbocycles. The van der Waals surface area contributed by atoms with Crippen molar-refractivity contribution < 1.29 is 9.26 Å². The highest BCUT2D eigenvalue weighted by molar-refractivity contribution is 4.91. The van der Waals surface area contributed by atoms with Crippen LogP contribution in [0.4, 0.5) is 0 Å². The van der Waals surface area contributed by atoms with Gasteiger partial charge in [-0.2, -0.15) is 4.98 Å². The zero-order chi connectivity index (χ0) is 11.3. The third-order valence-electron chi connectivity index (χ3n) is 1.70. The molecule has 15 heavy (non-hydrogen) atoms. The van der Waals surface area contributed by atoms with Crippen LogP contribution in [-0.4, -0.2) is 22.3 Å². The summed E-state index contributed by atoms with van der Waals surface area (Å²) < 4.78 is 10.3. The van der Waals surface area contributed by atoms with Gasteiger partial charge in [0.25, 0.3) is 0 Å². The first-order chi connectivity index (χ1) is 7.01. The Morgan fingerprint density at radius 3 is 2.80 bits per heavy atom. The topological polar surface area (TPSA) is 74.2 Å². The minimum Gasteiger partial charge on any atom is -0.373 e. The molecule has 0 saturated carbocycles. The van der Waals surface area contributed by atoms with E-state index in [4.69, 9.17) is 15.0 Å². The molecule has 0 unspecified atom stereocenters. The Hall–Kier alpha value is -0.940. The zero-order valence-corrected chi connectivity index (χ0v) is 9.62. The van der Waals surface area contributed by atoms with Crippen molar-refractivity contribution in [1.82, 2.24) is 10.1 Å². The van der Waals surface area contributed by atoms with Crippen molar-refractivity contribution in [3.63, 3.8) is 0 Å². The van der Waals surface area contributed by atoms with Crippen LogP contribution in [0.25, 0.3) is 0 Å². The fourth-order valence-corrected chi connectivity index (χ4v) is 1.12. The zero-order valence-electron chi connectivity index (χ0n) is 9.62. The van der Waals surface area contributed by atoms with Crippen LogP contribution in [0.2, 0.25) is 0 Å². The summed E-state index contributed by atoms with van der Waals surface area (Å²) in [5, 5.41) is 3.81. The van der Waals surface area contributed by atoms with E-state index in [9.17, 15) is 0 Å². The first-order valence-electron chi connectivity index (χ1n) is 5.19. The fraction of sp³-hybridized carbons (Fsp3) is 0.800. The number of aromatic nitrogens is 2. The van der Waals surface area contributed by atoms with E-state index >= 15 is 0 Å². The van der Waals surface area contributed by atoms with Crippen molar-refractivity contribution in [2.24, 2.45) is 5.73 Å². The maximum absolute atomic E-state index is 5.84. The summed E-state index contributed by atoms with van der Waals surface area (Å²) in [5.74, 6) is 1.15. The van der Waals surface area contributed by atoms with Gasteiger partial charge in [0.15, 0.2) is 5.82 Å². The van der Waals surface area contributed by atoms with E-state index in [2.05, 4.69) is 17.1 Å². The van der Waals surface area contributed by atoms with Gasteiger partial charge in [-0.3, -0.25) is 0 Å². The molecular formula is C10H19N3O2. The molecule has 5 nitrogen and oxygen atoms in total. The summed E-state index contributed by atoms with van der Waals surface area (Å²) in [6.45, 7) is 7.02. The van der Waals surface area contributed by atoms with E-state index < -0.39 is 0 Å².